The number of halogens is 1. The molecule has 0 unspecified atom stereocenters. The maximum Gasteiger partial charge on any atom is 0.336 e. The Bertz CT molecular complexity index is 568. The van der Waals surface area contributed by atoms with Gasteiger partial charge < -0.3 is 9.84 Å². The van der Waals surface area contributed by atoms with E-state index in [-0.39, 0.29) is 16.8 Å². The molecule has 0 aliphatic carbocycles. The zero-order chi connectivity index (χ0) is 11.7. The first-order valence-electron chi connectivity index (χ1n) is 4.49. The van der Waals surface area contributed by atoms with Gasteiger partial charge in [0.1, 0.15) is 5.82 Å². The number of hydrogen-bond donors (Lipinski definition) is 1. The minimum absolute atomic E-state index is 0.0265. The van der Waals surface area contributed by atoms with E-state index in [0.717, 1.165) is 6.07 Å². The van der Waals surface area contributed by atoms with Gasteiger partial charge in [-0.1, -0.05) is 0 Å². The highest BCUT2D eigenvalue weighted by atomic mass is 19.1. The van der Waals surface area contributed by atoms with Crippen LogP contribution >= 0.6 is 0 Å². The van der Waals surface area contributed by atoms with E-state index in [1.165, 1.54) is 25.3 Å². The van der Waals surface area contributed by atoms with Gasteiger partial charge in [0.05, 0.1) is 18.2 Å². The van der Waals surface area contributed by atoms with Gasteiger partial charge in [0.25, 0.3) is 0 Å². The zero-order valence-electron chi connectivity index (χ0n) is 8.40. The summed E-state index contributed by atoms with van der Waals surface area (Å²) in [7, 11) is 1.39. The highest BCUT2D eigenvalue weighted by molar-refractivity contribution is 6.02. The first kappa shape index (κ1) is 10.4. The molecule has 0 radical (unpaired) electrons. The largest absolute Gasteiger partial charge is 0.481 e. The van der Waals surface area contributed by atoms with Gasteiger partial charge in [0, 0.05) is 11.5 Å². The van der Waals surface area contributed by atoms with Crippen molar-refractivity contribution in [1.29, 1.82) is 0 Å². The van der Waals surface area contributed by atoms with E-state index in [0.29, 0.717) is 5.52 Å². The zero-order valence-corrected chi connectivity index (χ0v) is 8.40. The first-order chi connectivity index (χ1) is 7.61. The third kappa shape index (κ3) is 1.67. The molecule has 0 fully saturated rings. The van der Waals surface area contributed by atoms with Crippen LogP contribution in [0, 0.1) is 5.82 Å². The lowest BCUT2D eigenvalue weighted by Crippen LogP contribution is -2.00. The molecule has 0 atom stereocenters. The number of carboxylic acids is 1. The number of pyridine rings is 1. The van der Waals surface area contributed by atoms with Gasteiger partial charge in [-0.3, -0.25) is 0 Å². The third-order valence-corrected chi connectivity index (χ3v) is 2.19. The Morgan fingerprint density at radius 1 is 1.44 bits per heavy atom. The summed E-state index contributed by atoms with van der Waals surface area (Å²) in [6, 6.07) is 5.05. The average molecular weight is 221 g/mol. The van der Waals surface area contributed by atoms with E-state index in [1.807, 2.05) is 0 Å². The van der Waals surface area contributed by atoms with Crippen LogP contribution in [0.1, 0.15) is 10.4 Å². The Morgan fingerprint density at radius 3 is 2.81 bits per heavy atom. The molecule has 5 heteroatoms. The number of rotatable bonds is 2. The van der Waals surface area contributed by atoms with Crippen molar-refractivity contribution >= 4 is 16.9 Å². The molecule has 0 amide bonds. The lowest BCUT2D eigenvalue weighted by molar-refractivity contribution is 0.0698. The van der Waals surface area contributed by atoms with Crippen LogP contribution in [0.3, 0.4) is 0 Å². The molecule has 1 N–H and O–H groups in total. The van der Waals surface area contributed by atoms with E-state index >= 15 is 0 Å². The lowest BCUT2D eigenvalue weighted by atomic mass is 10.1. The third-order valence-electron chi connectivity index (χ3n) is 2.19. The predicted molar refractivity (Wildman–Crippen MR) is 55.2 cm³/mol. The van der Waals surface area contributed by atoms with Gasteiger partial charge >= 0.3 is 5.97 Å². The van der Waals surface area contributed by atoms with Crippen LogP contribution in [0.4, 0.5) is 4.39 Å². The smallest absolute Gasteiger partial charge is 0.336 e. The number of methoxy groups -OCH3 is 1. The number of carbonyl (C=O) groups is 1. The van der Waals surface area contributed by atoms with Crippen molar-refractivity contribution in [3.05, 3.63) is 35.6 Å². The fraction of sp³-hybridized carbons (Fsp3) is 0.0909. The first-order valence-corrected chi connectivity index (χ1v) is 4.49. The van der Waals surface area contributed by atoms with E-state index < -0.39 is 11.8 Å². The van der Waals surface area contributed by atoms with Crippen molar-refractivity contribution in [3.8, 4) is 5.88 Å². The molecule has 2 aromatic rings. The second kappa shape index (κ2) is 3.77. The molecule has 1 heterocycles. The Hall–Kier alpha value is -2.17. The number of carboxylic acid groups (broad SMARTS) is 1. The molecule has 4 nitrogen and oxygen atoms in total. The molecule has 16 heavy (non-hydrogen) atoms. The van der Waals surface area contributed by atoms with E-state index in [1.54, 1.807) is 0 Å². The fourth-order valence-electron chi connectivity index (χ4n) is 1.46. The normalized spacial score (nSPS) is 10.4. The highest BCUT2D eigenvalue weighted by Crippen LogP contribution is 2.22. The van der Waals surface area contributed by atoms with Crippen molar-refractivity contribution in [2.45, 2.75) is 0 Å². The molecule has 0 aliphatic heterocycles. The summed E-state index contributed by atoms with van der Waals surface area (Å²) in [6.45, 7) is 0. The summed E-state index contributed by atoms with van der Waals surface area (Å²) in [4.78, 5) is 15.0. The molecular formula is C11H8FNO3. The number of aromatic carboxylic acids is 1. The van der Waals surface area contributed by atoms with Crippen molar-refractivity contribution in [1.82, 2.24) is 4.98 Å². The Morgan fingerprint density at radius 2 is 2.19 bits per heavy atom. The number of aromatic nitrogens is 1. The SMILES string of the molecule is COc1cc(C(=O)O)c2cc(F)ccc2n1. The van der Waals surface area contributed by atoms with Crippen LogP contribution in [0.15, 0.2) is 24.3 Å². The van der Waals surface area contributed by atoms with Gasteiger partial charge in [-0.15, -0.1) is 0 Å². The number of fused-ring (bicyclic) bond motifs is 1. The quantitative estimate of drug-likeness (QED) is 0.843. The minimum atomic E-state index is -1.14. The molecular weight excluding hydrogens is 213 g/mol. The summed E-state index contributed by atoms with van der Waals surface area (Å²) in [5.74, 6) is -1.45. The molecule has 2 rings (SSSR count). The second-order valence-corrected chi connectivity index (χ2v) is 3.18. The Kier molecular flexibility index (Phi) is 2.44. The molecule has 82 valence electrons. The standard InChI is InChI=1S/C11H8FNO3/c1-16-10-5-8(11(14)15)7-4-6(12)2-3-9(7)13-10/h2-5H,1H3,(H,14,15). The topological polar surface area (TPSA) is 59.4 Å². The van der Waals surface area contributed by atoms with Crippen LogP contribution in [-0.4, -0.2) is 23.2 Å². The van der Waals surface area contributed by atoms with Gasteiger partial charge in [-0.25, -0.2) is 14.2 Å². The summed E-state index contributed by atoms with van der Waals surface area (Å²) in [5, 5.41) is 9.25. The summed E-state index contributed by atoms with van der Waals surface area (Å²) < 4.78 is 17.9. The van der Waals surface area contributed by atoms with E-state index in [9.17, 15) is 9.18 Å². The minimum Gasteiger partial charge on any atom is -0.481 e. The molecule has 1 aromatic carbocycles. The summed E-state index contributed by atoms with van der Waals surface area (Å²) in [6.07, 6.45) is 0. The predicted octanol–water partition coefficient (Wildman–Crippen LogP) is 2.08. The van der Waals surface area contributed by atoms with Crippen molar-refractivity contribution in [2.24, 2.45) is 0 Å². The lowest BCUT2D eigenvalue weighted by Gasteiger charge is -2.05. The second-order valence-electron chi connectivity index (χ2n) is 3.18. The maximum atomic E-state index is 13.0. The van der Waals surface area contributed by atoms with Gasteiger partial charge in [0.15, 0.2) is 0 Å². The van der Waals surface area contributed by atoms with Crippen molar-refractivity contribution in [3.63, 3.8) is 0 Å². The van der Waals surface area contributed by atoms with Gasteiger partial charge in [-0.2, -0.15) is 0 Å². The molecule has 0 bridgehead atoms. The molecule has 0 saturated heterocycles. The molecule has 1 aromatic heterocycles. The Balaban J connectivity index is 2.82. The van der Waals surface area contributed by atoms with Crippen molar-refractivity contribution < 1.29 is 19.0 Å². The number of hydrogen-bond acceptors (Lipinski definition) is 3. The van der Waals surface area contributed by atoms with Crippen LogP contribution in [0.2, 0.25) is 0 Å². The van der Waals surface area contributed by atoms with Crippen LogP contribution in [0.25, 0.3) is 10.9 Å². The van der Waals surface area contributed by atoms with Crippen LogP contribution < -0.4 is 4.74 Å². The fourth-order valence-corrected chi connectivity index (χ4v) is 1.46. The summed E-state index contributed by atoms with van der Waals surface area (Å²) >= 11 is 0. The van der Waals surface area contributed by atoms with Crippen molar-refractivity contribution in [2.75, 3.05) is 7.11 Å². The van der Waals surface area contributed by atoms with Gasteiger partial charge in [-0.05, 0) is 18.2 Å². The average Bonchev–Trinajstić information content (AvgIpc) is 2.27. The van der Waals surface area contributed by atoms with E-state index in [4.69, 9.17) is 9.84 Å². The number of benzene rings is 1. The van der Waals surface area contributed by atoms with Crippen LogP contribution in [-0.2, 0) is 0 Å². The summed E-state index contributed by atoms with van der Waals surface area (Å²) in [5.41, 5.74) is 0.361. The van der Waals surface area contributed by atoms with E-state index in [2.05, 4.69) is 4.98 Å². The molecule has 0 spiro atoms. The molecule has 0 saturated carbocycles. The van der Waals surface area contributed by atoms with Gasteiger partial charge in [0.2, 0.25) is 5.88 Å². The number of ether oxygens (including phenoxy) is 1. The Labute approximate surface area is 90.3 Å². The maximum absolute atomic E-state index is 13.0. The number of nitrogens with zero attached hydrogens (tertiary/aromatic N) is 1. The highest BCUT2D eigenvalue weighted by Gasteiger charge is 2.12. The monoisotopic (exact) mass is 221 g/mol. The van der Waals surface area contributed by atoms with Crippen LogP contribution in [0.5, 0.6) is 5.88 Å². The molecule has 0 aliphatic rings.